The van der Waals surface area contributed by atoms with Crippen molar-refractivity contribution in [3.05, 3.63) is 52.3 Å². The third-order valence-electron chi connectivity index (χ3n) is 2.98. The summed E-state index contributed by atoms with van der Waals surface area (Å²) < 4.78 is 7.76. The van der Waals surface area contributed by atoms with Gasteiger partial charge in [-0.25, -0.2) is 0 Å². The largest absolute Gasteiger partial charge is 0.497 e. The van der Waals surface area contributed by atoms with E-state index < -0.39 is 0 Å². The monoisotopic (exact) mass is 290 g/mol. The summed E-state index contributed by atoms with van der Waals surface area (Å²) in [6.07, 6.45) is 0. The number of nitrogens with zero attached hydrogens (tertiary/aromatic N) is 1. The lowest BCUT2D eigenvalue weighted by molar-refractivity contribution is 0.414. The highest BCUT2D eigenvalue weighted by molar-refractivity contribution is 7.71. The molecular weight excluding hydrogens is 280 g/mol. The van der Waals surface area contributed by atoms with Crippen LogP contribution in [0.15, 0.2) is 42.5 Å². The van der Waals surface area contributed by atoms with Crippen LogP contribution in [0.5, 0.6) is 5.75 Å². The van der Waals surface area contributed by atoms with Crippen LogP contribution in [0.1, 0.15) is 0 Å². The highest BCUT2D eigenvalue weighted by atomic mass is 35.5. The molecule has 3 nitrogen and oxygen atoms in total. The van der Waals surface area contributed by atoms with Crippen molar-refractivity contribution in [2.75, 3.05) is 7.11 Å². The number of ether oxygens (including phenoxy) is 1. The van der Waals surface area contributed by atoms with Gasteiger partial charge in [-0.3, -0.25) is 4.57 Å². The van der Waals surface area contributed by atoms with Crippen LogP contribution in [0.25, 0.3) is 16.7 Å². The number of aromatic nitrogens is 2. The van der Waals surface area contributed by atoms with Crippen molar-refractivity contribution in [1.29, 1.82) is 0 Å². The van der Waals surface area contributed by atoms with Crippen molar-refractivity contribution in [2.45, 2.75) is 0 Å². The van der Waals surface area contributed by atoms with Gasteiger partial charge in [0.1, 0.15) is 5.75 Å². The first kappa shape index (κ1) is 12.3. The fraction of sp³-hybridized carbons (Fsp3) is 0.0714. The number of methoxy groups -OCH3 is 1. The molecule has 0 saturated carbocycles. The number of nitrogens with one attached hydrogen (secondary N) is 1. The number of rotatable bonds is 2. The molecule has 19 heavy (non-hydrogen) atoms. The first-order chi connectivity index (χ1) is 9.20. The fourth-order valence-corrected chi connectivity index (χ4v) is 2.59. The first-order valence-corrected chi connectivity index (χ1v) is 6.53. The summed E-state index contributed by atoms with van der Waals surface area (Å²) in [5.41, 5.74) is 2.78. The van der Waals surface area contributed by atoms with Gasteiger partial charge in [-0.05, 0) is 36.5 Å². The van der Waals surface area contributed by atoms with Gasteiger partial charge >= 0.3 is 0 Å². The van der Waals surface area contributed by atoms with Crippen LogP contribution in [0.3, 0.4) is 0 Å². The Morgan fingerprint density at radius 1 is 1.21 bits per heavy atom. The van der Waals surface area contributed by atoms with Gasteiger partial charge in [0.05, 0.1) is 28.9 Å². The molecule has 0 unspecified atom stereocenters. The zero-order valence-electron chi connectivity index (χ0n) is 10.2. The Kier molecular flexibility index (Phi) is 3.05. The van der Waals surface area contributed by atoms with E-state index in [2.05, 4.69) is 4.98 Å². The standard InChI is InChI=1S/C14H11ClN2OS/c1-18-9-6-7-10(15)13(8-9)17-12-5-3-2-4-11(12)16-14(17)19/h2-8H,1H3,(H,16,19). The summed E-state index contributed by atoms with van der Waals surface area (Å²) in [5, 5.41) is 0.627. The molecule has 0 aliphatic heterocycles. The van der Waals surface area contributed by atoms with Gasteiger partial charge in [-0.1, -0.05) is 23.7 Å². The van der Waals surface area contributed by atoms with Crippen LogP contribution >= 0.6 is 23.8 Å². The van der Waals surface area contributed by atoms with Crippen molar-refractivity contribution >= 4 is 34.9 Å². The van der Waals surface area contributed by atoms with Gasteiger partial charge in [0.25, 0.3) is 0 Å². The van der Waals surface area contributed by atoms with Crippen molar-refractivity contribution < 1.29 is 4.74 Å². The molecule has 0 atom stereocenters. The summed E-state index contributed by atoms with van der Waals surface area (Å²) >= 11 is 11.7. The Morgan fingerprint density at radius 3 is 2.79 bits per heavy atom. The second kappa shape index (κ2) is 4.72. The maximum atomic E-state index is 6.28. The number of aromatic amines is 1. The Hall–Kier alpha value is -1.78. The molecule has 0 aliphatic carbocycles. The molecule has 0 aliphatic rings. The van der Waals surface area contributed by atoms with Gasteiger partial charge in [0.2, 0.25) is 0 Å². The Bertz CT molecular complexity index is 807. The molecule has 96 valence electrons. The zero-order valence-corrected chi connectivity index (χ0v) is 11.8. The quantitative estimate of drug-likeness (QED) is 0.711. The predicted octanol–water partition coefficient (Wildman–Crippen LogP) is 4.35. The van der Waals surface area contributed by atoms with Gasteiger partial charge in [-0.2, -0.15) is 0 Å². The fourth-order valence-electron chi connectivity index (χ4n) is 2.08. The number of H-pyrrole nitrogens is 1. The molecule has 0 bridgehead atoms. The average Bonchev–Trinajstić information content (AvgIpc) is 2.75. The van der Waals surface area contributed by atoms with E-state index in [1.807, 2.05) is 41.0 Å². The van der Waals surface area contributed by atoms with E-state index in [1.165, 1.54) is 0 Å². The zero-order chi connectivity index (χ0) is 13.4. The maximum Gasteiger partial charge on any atom is 0.182 e. The highest BCUT2D eigenvalue weighted by Gasteiger charge is 2.10. The molecule has 0 fully saturated rings. The molecule has 3 rings (SSSR count). The molecule has 1 aromatic heterocycles. The summed E-state index contributed by atoms with van der Waals surface area (Å²) in [7, 11) is 1.63. The minimum absolute atomic E-state index is 0.608. The molecular formula is C14H11ClN2OS. The van der Waals surface area contributed by atoms with E-state index in [-0.39, 0.29) is 0 Å². The minimum Gasteiger partial charge on any atom is -0.497 e. The number of para-hydroxylation sites is 2. The number of hydrogen-bond acceptors (Lipinski definition) is 2. The second-order valence-corrected chi connectivity index (χ2v) is 4.89. The van der Waals surface area contributed by atoms with E-state index in [0.29, 0.717) is 9.79 Å². The van der Waals surface area contributed by atoms with E-state index in [1.54, 1.807) is 13.2 Å². The van der Waals surface area contributed by atoms with Crippen LogP contribution < -0.4 is 4.74 Å². The van der Waals surface area contributed by atoms with Crippen LogP contribution in [-0.4, -0.2) is 16.7 Å². The number of benzene rings is 2. The molecule has 1 N–H and O–H groups in total. The van der Waals surface area contributed by atoms with Crippen LogP contribution in [-0.2, 0) is 0 Å². The smallest absolute Gasteiger partial charge is 0.182 e. The molecule has 0 spiro atoms. The molecule has 2 aromatic carbocycles. The lowest BCUT2D eigenvalue weighted by Gasteiger charge is -2.09. The van der Waals surface area contributed by atoms with E-state index in [0.717, 1.165) is 22.5 Å². The highest BCUT2D eigenvalue weighted by Crippen LogP contribution is 2.28. The van der Waals surface area contributed by atoms with E-state index >= 15 is 0 Å². The van der Waals surface area contributed by atoms with Gasteiger partial charge in [0, 0.05) is 6.07 Å². The summed E-state index contributed by atoms with van der Waals surface area (Å²) in [4.78, 5) is 3.17. The van der Waals surface area contributed by atoms with Gasteiger partial charge in [-0.15, -0.1) is 0 Å². The van der Waals surface area contributed by atoms with Crippen LogP contribution in [0.2, 0.25) is 5.02 Å². The maximum absolute atomic E-state index is 6.28. The second-order valence-electron chi connectivity index (χ2n) is 4.10. The normalized spacial score (nSPS) is 10.8. The van der Waals surface area contributed by atoms with Crippen molar-refractivity contribution in [3.63, 3.8) is 0 Å². The van der Waals surface area contributed by atoms with Gasteiger partial charge < -0.3 is 9.72 Å². The molecule has 5 heteroatoms. The lowest BCUT2D eigenvalue weighted by Crippen LogP contribution is -1.96. The first-order valence-electron chi connectivity index (χ1n) is 5.74. The molecule has 0 saturated heterocycles. The van der Waals surface area contributed by atoms with Crippen molar-refractivity contribution in [2.24, 2.45) is 0 Å². The number of halogens is 1. The Morgan fingerprint density at radius 2 is 2.00 bits per heavy atom. The molecule has 0 amide bonds. The molecule has 0 radical (unpaired) electrons. The SMILES string of the molecule is COc1ccc(Cl)c(-n2c(=S)[nH]c3ccccc32)c1. The van der Waals surface area contributed by atoms with E-state index in [9.17, 15) is 0 Å². The number of hydrogen-bond donors (Lipinski definition) is 1. The Balaban J connectivity index is 2.36. The predicted molar refractivity (Wildman–Crippen MR) is 80.0 cm³/mol. The topological polar surface area (TPSA) is 29.9 Å². The third kappa shape index (κ3) is 2.03. The van der Waals surface area contributed by atoms with E-state index in [4.69, 9.17) is 28.6 Å². The van der Waals surface area contributed by atoms with Crippen molar-refractivity contribution in [1.82, 2.24) is 9.55 Å². The average molecular weight is 291 g/mol. The summed E-state index contributed by atoms with van der Waals surface area (Å²) in [6.45, 7) is 0. The van der Waals surface area contributed by atoms with Crippen molar-refractivity contribution in [3.8, 4) is 11.4 Å². The summed E-state index contributed by atoms with van der Waals surface area (Å²) in [6, 6.07) is 13.4. The Labute approximate surface area is 120 Å². The minimum atomic E-state index is 0.608. The van der Waals surface area contributed by atoms with Crippen LogP contribution in [0, 0.1) is 4.77 Å². The number of fused-ring (bicyclic) bond motifs is 1. The van der Waals surface area contributed by atoms with Crippen LogP contribution in [0.4, 0.5) is 0 Å². The van der Waals surface area contributed by atoms with Gasteiger partial charge in [0.15, 0.2) is 4.77 Å². The number of imidazole rings is 1. The molecule has 1 heterocycles. The lowest BCUT2D eigenvalue weighted by atomic mass is 10.2. The summed E-state index contributed by atoms with van der Waals surface area (Å²) in [5.74, 6) is 0.742. The molecule has 3 aromatic rings. The third-order valence-corrected chi connectivity index (χ3v) is 3.59.